The van der Waals surface area contributed by atoms with Crippen molar-refractivity contribution >= 4 is 45.4 Å². The van der Waals surface area contributed by atoms with Crippen LogP contribution in [0.4, 0.5) is 37.8 Å². The normalized spacial score (nSPS) is 12.3. The average molecular weight is 519 g/mol. The number of nitrogens with one attached hydrogen (secondary N) is 2. The van der Waals surface area contributed by atoms with E-state index in [2.05, 4.69) is 25.0 Å². The summed E-state index contributed by atoms with van der Waals surface area (Å²) < 4.78 is 84.3. The molecule has 2 N–H and O–H groups in total. The van der Waals surface area contributed by atoms with E-state index in [9.17, 15) is 26.3 Å². The number of H-pyrrole nitrogens is 1. The number of nitrogens with zero attached hydrogens (tertiary/aromatic N) is 3. The van der Waals surface area contributed by atoms with Crippen molar-refractivity contribution in [2.75, 3.05) is 12.4 Å². The summed E-state index contributed by atoms with van der Waals surface area (Å²) in [5, 5.41) is 2.75. The predicted molar refractivity (Wildman–Crippen MR) is 92.4 cm³/mol. The summed E-state index contributed by atoms with van der Waals surface area (Å²) in [7, 11) is 1.23. The van der Waals surface area contributed by atoms with Crippen LogP contribution in [0.25, 0.3) is 11.3 Å². The van der Waals surface area contributed by atoms with Crippen LogP contribution in [0.2, 0.25) is 0 Å². The largest absolute Gasteiger partial charge is 0.573 e. The van der Waals surface area contributed by atoms with Crippen molar-refractivity contribution in [2.24, 2.45) is 0 Å². The minimum absolute atomic E-state index is 0.0604. The fourth-order valence-corrected chi connectivity index (χ4v) is 2.72. The highest BCUT2D eigenvalue weighted by atomic mass is 127. The van der Waals surface area contributed by atoms with Crippen LogP contribution in [0, 0.1) is 3.57 Å². The molecular formula is C14H8F6IN5O2. The number of fused-ring (bicyclic) bond motifs is 1. The molecule has 1 aromatic carbocycles. The van der Waals surface area contributed by atoms with Crippen LogP contribution in [-0.4, -0.2) is 33.4 Å². The lowest BCUT2D eigenvalue weighted by Gasteiger charge is -2.13. The van der Waals surface area contributed by atoms with E-state index in [-0.39, 0.29) is 23.0 Å². The fourth-order valence-electron chi connectivity index (χ4n) is 2.10. The van der Waals surface area contributed by atoms with Crippen molar-refractivity contribution in [3.05, 3.63) is 27.6 Å². The van der Waals surface area contributed by atoms with Gasteiger partial charge in [-0.2, -0.15) is 18.2 Å². The Labute approximate surface area is 165 Å². The first-order valence-electron chi connectivity index (χ1n) is 7.17. The SMILES string of the molecule is COc1nc2nc(C(F)(F)F)[nH]c2nc1Nc1ccc(OC(F)(F)F)cc1I. The number of aromatic amines is 1. The molecule has 2 heterocycles. The summed E-state index contributed by atoms with van der Waals surface area (Å²) in [4.78, 5) is 13.1. The number of ether oxygens (including phenoxy) is 2. The molecule has 0 aliphatic carbocycles. The molecule has 0 unspecified atom stereocenters. The van der Waals surface area contributed by atoms with Crippen molar-refractivity contribution in [2.45, 2.75) is 12.5 Å². The van der Waals surface area contributed by atoms with E-state index in [0.29, 0.717) is 9.26 Å². The minimum atomic E-state index is -4.84. The molecule has 2 aromatic heterocycles. The monoisotopic (exact) mass is 519 g/mol. The summed E-state index contributed by atoms with van der Waals surface area (Å²) in [5.74, 6) is -1.92. The van der Waals surface area contributed by atoms with E-state index < -0.39 is 24.1 Å². The van der Waals surface area contributed by atoms with Gasteiger partial charge >= 0.3 is 12.5 Å². The molecule has 0 bridgehead atoms. The number of hydrogen-bond donors (Lipinski definition) is 2. The number of imidazole rings is 1. The molecule has 14 heteroatoms. The van der Waals surface area contributed by atoms with Gasteiger partial charge in [-0.3, -0.25) is 0 Å². The van der Waals surface area contributed by atoms with Gasteiger partial charge in [0.05, 0.1) is 12.8 Å². The molecule has 150 valence electrons. The van der Waals surface area contributed by atoms with Gasteiger partial charge in [-0.05, 0) is 40.8 Å². The second-order valence-corrected chi connectivity index (χ2v) is 6.31. The molecule has 0 saturated carbocycles. The number of rotatable bonds is 4. The molecule has 0 saturated heterocycles. The first-order valence-corrected chi connectivity index (χ1v) is 8.25. The maximum absolute atomic E-state index is 12.8. The third kappa shape index (κ3) is 4.48. The van der Waals surface area contributed by atoms with Gasteiger partial charge in [0.2, 0.25) is 11.5 Å². The Balaban J connectivity index is 1.95. The van der Waals surface area contributed by atoms with Gasteiger partial charge in [0, 0.05) is 3.57 Å². The zero-order valence-electron chi connectivity index (χ0n) is 13.5. The van der Waals surface area contributed by atoms with Crippen molar-refractivity contribution in [3.8, 4) is 11.6 Å². The average Bonchev–Trinajstić information content (AvgIpc) is 2.98. The number of alkyl halides is 6. The van der Waals surface area contributed by atoms with Crippen molar-refractivity contribution < 1.29 is 35.8 Å². The number of hydrogen-bond acceptors (Lipinski definition) is 6. The quantitative estimate of drug-likeness (QED) is 0.387. The molecule has 28 heavy (non-hydrogen) atoms. The summed E-state index contributed by atoms with van der Waals surface area (Å²) in [5.41, 5.74) is -0.251. The number of methoxy groups -OCH3 is 1. The van der Waals surface area contributed by atoms with E-state index in [0.717, 1.165) is 12.1 Å². The molecule has 3 rings (SSSR count). The third-order valence-corrected chi connectivity index (χ3v) is 4.08. The Bertz CT molecular complexity index is 1020. The van der Waals surface area contributed by atoms with Crippen molar-refractivity contribution in [3.63, 3.8) is 0 Å². The van der Waals surface area contributed by atoms with E-state index in [4.69, 9.17) is 4.74 Å². The van der Waals surface area contributed by atoms with Gasteiger partial charge in [-0.25, -0.2) is 9.97 Å². The highest BCUT2D eigenvalue weighted by Gasteiger charge is 2.35. The lowest BCUT2D eigenvalue weighted by molar-refractivity contribution is -0.274. The van der Waals surface area contributed by atoms with Gasteiger partial charge in [0.15, 0.2) is 11.5 Å². The van der Waals surface area contributed by atoms with Gasteiger partial charge in [-0.1, -0.05) is 0 Å². The Morgan fingerprint density at radius 2 is 1.79 bits per heavy atom. The minimum Gasteiger partial charge on any atom is -0.478 e. The maximum atomic E-state index is 12.8. The van der Waals surface area contributed by atoms with Gasteiger partial charge in [-0.15, -0.1) is 13.2 Å². The Morgan fingerprint density at radius 3 is 2.36 bits per heavy atom. The first kappa shape index (κ1) is 20.2. The van der Waals surface area contributed by atoms with Crippen LogP contribution in [0.15, 0.2) is 18.2 Å². The Kier molecular flexibility index (Phi) is 5.16. The molecule has 3 aromatic rings. The molecule has 0 radical (unpaired) electrons. The molecule has 0 fully saturated rings. The van der Waals surface area contributed by atoms with Gasteiger partial charge in [0.1, 0.15) is 5.75 Å². The van der Waals surface area contributed by atoms with E-state index in [1.165, 1.54) is 13.2 Å². The molecule has 0 aliphatic heterocycles. The Hall–Kier alpha value is -2.52. The zero-order chi connectivity index (χ0) is 20.7. The lowest BCUT2D eigenvalue weighted by Crippen LogP contribution is -2.17. The summed E-state index contributed by atoms with van der Waals surface area (Å²) >= 11 is 1.75. The second-order valence-electron chi connectivity index (χ2n) is 5.15. The third-order valence-electron chi connectivity index (χ3n) is 3.19. The smallest absolute Gasteiger partial charge is 0.478 e. The topological polar surface area (TPSA) is 85.0 Å². The van der Waals surface area contributed by atoms with Crippen LogP contribution in [0.5, 0.6) is 11.6 Å². The van der Waals surface area contributed by atoms with Crippen LogP contribution in [0.1, 0.15) is 5.82 Å². The molecule has 0 spiro atoms. The molecule has 7 nitrogen and oxygen atoms in total. The van der Waals surface area contributed by atoms with Crippen molar-refractivity contribution in [1.29, 1.82) is 0 Å². The molecule has 0 aliphatic rings. The number of anilines is 2. The maximum Gasteiger partial charge on any atom is 0.573 e. The number of aromatic nitrogens is 4. The van der Waals surface area contributed by atoms with E-state index in [1.54, 1.807) is 22.6 Å². The van der Waals surface area contributed by atoms with Crippen LogP contribution in [0.3, 0.4) is 0 Å². The predicted octanol–water partition coefficient (Wildman–Crippen LogP) is 4.63. The highest BCUT2D eigenvalue weighted by molar-refractivity contribution is 14.1. The standard InChI is InChI=1S/C14H8F6IN5O2/c1-27-11-10(23-8-9(24-11)26-12(25-8)13(15,16)17)22-7-3-2-5(4-6(7)21)28-14(18,19)20/h2-4H,1H3,(H2,22,23,24,25,26). The molecule has 0 amide bonds. The zero-order valence-corrected chi connectivity index (χ0v) is 15.7. The summed E-state index contributed by atoms with van der Waals surface area (Å²) in [6.45, 7) is 0. The van der Waals surface area contributed by atoms with Crippen LogP contribution < -0.4 is 14.8 Å². The highest BCUT2D eigenvalue weighted by Crippen LogP contribution is 2.33. The van der Waals surface area contributed by atoms with Crippen molar-refractivity contribution in [1.82, 2.24) is 19.9 Å². The Morgan fingerprint density at radius 1 is 1.07 bits per heavy atom. The number of halogens is 7. The van der Waals surface area contributed by atoms with E-state index in [1.807, 2.05) is 4.98 Å². The fraction of sp³-hybridized carbons (Fsp3) is 0.214. The first-order chi connectivity index (χ1) is 13.0. The lowest BCUT2D eigenvalue weighted by atomic mass is 10.3. The van der Waals surface area contributed by atoms with Gasteiger partial charge < -0.3 is 19.8 Å². The van der Waals surface area contributed by atoms with E-state index >= 15 is 0 Å². The van der Waals surface area contributed by atoms with Crippen LogP contribution in [-0.2, 0) is 6.18 Å². The number of benzene rings is 1. The van der Waals surface area contributed by atoms with Crippen LogP contribution >= 0.6 is 22.6 Å². The summed E-state index contributed by atoms with van der Waals surface area (Å²) in [6.07, 6.45) is -9.55. The summed E-state index contributed by atoms with van der Waals surface area (Å²) in [6, 6.07) is 3.46. The molecule has 0 atom stereocenters. The second kappa shape index (κ2) is 7.14. The van der Waals surface area contributed by atoms with Gasteiger partial charge in [0.25, 0.3) is 5.88 Å². The molecular weight excluding hydrogens is 511 g/mol.